The fourth-order valence-corrected chi connectivity index (χ4v) is 1.50. The van der Waals surface area contributed by atoms with Crippen LogP contribution in [-0.4, -0.2) is 5.97 Å². The highest BCUT2D eigenvalue weighted by molar-refractivity contribution is 6.30. The van der Waals surface area contributed by atoms with Crippen molar-refractivity contribution in [3.63, 3.8) is 0 Å². The second-order valence-electron chi connectivity index (χ2n) is 4.42. The highest BCUT2D eigenvalue weighted by atomic mass is 35.5. The molecule has 2 N–H and O–H groups in total. The molecule has 0 radical (unpaired) electrons. The zero-order chi connectivity index (χ0) is 12.2. The molecule has 3 nitrogen and oxygen atoms in total. The van der Waals surface area contributed by atoms with Crippen LogP contribution >= 0.6 is 11.6 Å². The Morgan fingerprint density at radius 1 is 1.38 bits per heavy atom. The lowest BCUT2D eigenvalue weighted by molar-refractivity contribution is -0.154. The van der Waals surface area contributed by atoms with Gasteiger partial charge in [0.05, 0.1) is 5.41 Å². The molecule has 0 aliphatic carbocycles. The predicted octanol–water partition coefficient (Wildman–Crippen LogP) is 2.72. The summed E-state index contributed by atoms with van der Waals surface area (Å²) in [5.74, 6) is 4.49. The van der Waals surface area contributed by atoms with Gasteiger partial charge in [-0.3, -0.25) is 0 Å². The summed E-state index contributed by atoms with van der Waals surface area (Å²) in [7, 11) is 0. The minimum atomic E-state index is -0.561. The zero-order valence-corrected chi connectivity index (χ0v) is 10.3. The van der Waals surface area contributed by atoms with Crippen LogP contribution in [0.3, 0.4) is 0 Å². The van der Waals surface area contributed by atoms with Crippen LogP contribution in [0.25, 0.3) is 0 Å². The molecule has 4 heteroatoms. The lowest BCUT2D eigenvalue weighted by Crippen LogP contribution is -2.29. The van der Waals surface area contributed by atoms with Gasteiger partial charge in [0.1, 0.15) is 0 Å². The maximum Gasteiger partial charge on any atom is 0.329 e. The number of halogens is 1. The molecule has 88 valence electrons. The first-order valence-electron chi connectivity index (χ1n) is 5.11. The fourth-order valence-electron chi connectivity index (χ4n) is 1.37. The molecule has 0 fully saturated rings. The molecule has 0 unspecified atom stereocenters. The first-order chi connectivity index (χ1) is 7.45. The van der Waals surface area contributed by atoms with Gasteiger partial charge in [0.15, 0.2) is 0 Å². The van der Waals surface area contributed by atoms with E-state index in [1.165, 1.54) is 0 Å². The third-order valence-corrected chi connectivity index (χ3v) is 2.86. The normalized spacial score (nSPS) is 11.2. The van der Waals surface area contributed by atoms with Crippen molar-refractivity contribution in [1.82, 2.24) is 0 Å². The average Bonchev–Trinajstić information content (AvgIpc) is 2.27. The van der Waals surface area contributed by atoms with E-state index >= 15 is 0 Å². The van der Waals surface area contributed by atoms with Crippen molar-refractivity contribution in [2.75, 3.05) is 0 Å². The van der Waals surface area contributed by atoms with Gasteiger partial charge < -0.3 is 4.84 Å². The van der Waals surface area contributed by atoms with Gasteiger partial charge >= 0.3 is 5.97 Å². The van der Waals surface area contributed by atoms with E-state index in [9.17, 15) is 4.79 Å². The molecule has 0 bridgehead atoms. The van der Waals surface area contributed by atoms with E-state index in [1.807, 2.05) is 38.1 Å². The van der Waals surface area contributed by atoms with Crippen LogP contribution in [0.2, 0.25) is 5.02 Å². The molecule has 0 saturated heterocycles. The highest BCUT2D eigenvalue weighted by Gasteiger charge is 2.28. The molecule has 0 amide bonds. The van der Waals surface area contributed by atoms with E-state index in [0.29, 0.717) is 11.4 Å². The third kappa shape index (κ3) is 3.51. The first-order valence-corrected chi connectivity index (χ1v) is 5.49. The summed E-state index contributed by atoms with van der Waals surface area (Å²) >= 11 is 5.78. The van der Waals surface area contributed by atoms with Crippen molar-refractivity contribution < 1.29 is 9.63 Å². The SMILES string of the molecule is CC(C)(CCc1ccc(Cl)cc1)C(=O)ON. The maximum absolute atomic E-state index is 11.3. The molecule has 1 aromatic carbocycles. The molecule has 1 rings (SSSR count). The predicted molar refractivity (Wildman–Crippen MR) is 63.8 cm³/mol. The van der Waals surface area contributed by atoms with Gasteiger partial charge in [-0.05, 0) is 44.4 Å². The van der Waals surface area contributed by atoms with Crippen molar-refractivity contribution in [3.8, 4) is 0 Å². The van der Waals surface area contributed by atoms with Crippen LogP contribution in [0.4, 0.5) is 0 Å². The Morgan fingerprint density at radius 3 is 2.44 bits per heavy atom. The van der Waals surface area contributed by atoms with Crippen molar-refractivity contribution in [2.24, 2.45) is 11.3 Å². The van der Waals surface area contributed by atoms with Crippen LogP contribution < -0.4 is 5.90 Å². The molecule has 0 aliphatic rings. The van der Waals surface area contributed by atoms with Gasteiger partial charge in [-0.1, -0.05) is 23.7 Å². The second kappa shape index (κ2) is 5.32. The molecular formula is C12H16ClNO2. The summed E-state index contributed by atoms with van der Waals surface area (Å²) in [6.07, 6.45) is 1.48. The van der Waals surface area contributed by atoms with Crippen molar-refractivity contribution in [3.05, 3.63) is 34.9 Å². The minimum absolute atomic E-state index is 0.388. The minimum Gasteiger partial charge on any atom is -0.373 e. The number of hydrogen-bond acceptors (Lipinski definition) is 3. The Hall–Kier alpha value is -1.06. The summed E-state index contributed by atoms with van der Waals surface area (Å²) in [6.45, 7) is 3.64. The van der Waals surface area contributed by atoms with E-state index < -0.39 is 5.41 Å². The van der Waals surface area contributed by atoms with Crippen LogP contribution in [0.5, 0.6) is 0 Å². The summed E-state index contributed by atoms with van der Waals surface area (Å²) in [6, 6.07) is 7.58. The summed E-state index contributed by atoms with van der Waals surface area (Å²) in [5, 5.41) is 0.712. The third-order valence-electron chi connectivity index (χ3n) is 2.61. The van der Waals surface area contributed by atoms with Gasteiger partial charge in [-0.15, -0.1) is 0 Å². The number of nitrogens with two attached hydrogens (primary N) is 1. The van der Waals surface area contributed by atoms with Crippen LogP contribution in [0, 0.1) is 5.41 Å². The van der Waals surface area contributed by atoms with Crippen molar-refractivity contribution >= 4 is 17.6 Å². The Balaban J connectivity index is 2.57. The lowest BCUT2D eigenvalue weighted by atomic mass is 9.86. The number of carbonyl (C=O) groups is 1. The van der Waals surface area contributed by atoms with E-state index in [2.05, 4.69) is 4.84 Å². The maximum atomic E-state index is 11.3. The topological polar surface area (TPSA) is 52.3 Å². The van der Waals surface area contributed by atoms with Crippen molar-refractivity contribution in [2.45, 2.75) is 26.7 Å². The molecule has 1 aromatic rings. The van der Waals surface area contributed by atoms with Crippen LogP contribution in [0.15, 0.2) is 24.3 Å². The molecule has 0 saturated carbocycles. The van der Waals surface area contributed by atoms with Crippen LogP contribution in [-0.2, 0) is 16.1 Å². The summed E-state index contributed by atoms with van der Waals surface area (Å²) < 4.78 is 0. The summed E-state index contributed by atoms with van der Waals surface area (Å²) in [5.41, 5.74) is 0.580. The monoisotopic (exact) mass is 241 g/mol. The fraction of sp³-hybridized carbons (Fsp3) is 0.417. The summed E-state index contributed by atoms with van der Waals surface area (Å²) in [4.78, 5) is 15.6. The molecule has 0 atom stereocenters. The zero-order valence-electron chi connectivity index (χ0n) is 9.50. The average molecular weight is 242 g/mol. The Kier molecular flexibility index (Phi) is 4.33. The smallest absolute Gasteiger partial charge is 0.329 e. The number of hydrogen-bond donors (Lipinski definition) is 1. The Labute approximate surface area is 100 Å². The molecule has 0 spiro atoms. The first kappa shape index (κ1) is 13.0. The van der Waals surface area contributed by atoms with Gasteiger partial charge in [0.2, 0.25) is 0 Å². The largest absolute Gasteiger partial charge is 0.373 e. The molecule has 0 heterocycles. The van der Waals surface area contributed by atoms with Gasteiger partial charge in [0.25, 0.3) is 0 Å². The number of carbonyl (C=O) groups excluding carboxylic acids is 1. The second-order valence-corrected chi connectivity index (χ2v) is 4.85. The van der Waals surface area contributed by atoms with E-state index in [0.717, 1.165) is 12.0 Å². The van der Waals surface area contributed by atoms with Gasteiger partial charge in [0, 0.05) is 5.02 Å². The lowest BCUT2D eigenvalue weighted by Gasteiger charge is -2.20. The number of aryl methyl sites for hydroxylation is 1. The molecule has 0 aromatic heterocycles. The highest BCUT2D eigenvalue weighted by Crippen LogP contribution is 2.24. The van der Waals surface area contributed by atoms with Crippen LogP contribution in [0.1, 0.15) is 25.8 Å². The number of benzene rings is 1. The van der Waals surface area contributed by atoms with E-state index in [-0.39, 0.29) is 5.97 Å². The Bertz CT molecular complexity index is 360. The van der Waals surface area contributed by atoms with E-state index in [4.69, 9.17) is 17.5 Å². The quantitative estimate of drug-likeness (QED) is 0.825. The van der Waals surface area contributed by atoms with Crippen molar-refractivity contribution in [1.29, 1.82) is 0 Å². The molecular weight excluding hydrogens is 226 g/mol. The Morgan fingerprint density at radius 2 is 1.94 bits per heavy atom. The van der Waals surface area contributed by atoms with Gasteiger partial charge in [-0.25, -0.2) is 4.79 Å². The molecule has 16 heavy (non-hydrogen) atoms. The van der Waals surface area contributed by atoms with Gasteiger partial charge in [-0.2, -0.15) is 5.90 Å². The molecule has 0 aliphatic heterocycles. The standard InChI is InChI=1S/C12H16ClNO2/c1-12(2,11(15)16-14)8-7-9-3-5-10(13)6-4-9/h3-6H,7-8,14H2,1-2H3. The number of rotatable bonds is 4. The van der Waals surface area contributed by atoms with E-state index in [1.54, 1.807) is 0 Å².